The van der Waals surface area contributed by atoms with Crippen LogP contribution in [0.1, 0.15) is 37.6 Å². The Hall–Kier alpha value is -2.25. The van der Waals surface area contributed by atoms with Gasteiger partial charge in [-0.3, -0.25) is 14.6 Å². The summed E-state index contributed by atoms with van der Waals surface area (Å²) in [4.78, 5) is 28.6. The van der Waals surface area contributed by atoms with E-state index in [1.165, 1.54) is 6.20 Å². The highest BCUT2D eigenvalue weighted by atomic mass is 28.4. The highest BCUT2D eigenvalue weighted by molar-refractivity contribution is 6.74. The van der Waals surface area contributed by atoms with Crippen molar-refractivity contribution in [1.29, 1.82) is 0 Å². The summed E-state index contributed by atoms with van der Waals surface area (Å²) in [5.41, 5.74) is 6.68. The van der Waals surface area contributed by atoms with E-state index >= 15 is 0 Å². The normalized spacial score (nSPS) is 13.4. The van der Waals surface area contributed by atoms with E-state index in [2.05, 4.69) is 44.2 Å². The number of hydrogen-bond donors (Lipinski definition) is 2. The highest BCUT2D eigenvalue weighted by Gasteiger charge is 2.37. The fraction of sp³-hybridized carbons (Fsp3) is 0.450. The Morgan fingerprint density at radius 2 is 1.93 bits per heavy atom. The molecule has 0 aliphatic carbocycles. The number of hydrogen-bond acceptors (Lipinski definition) is 4. The first-order chi connectivity index (χ1) is 12.5. The number of carbonyl (C=O) groups excluding carboxylic acids is 2. The molecule has 0 unspecified atom stereocenters. The van der Waals surface area contributed by atoms with Crippen molar-refractivity contribution < 1.29 is 14.0 Å². The lowest BCUT2D eigenvalue weighted by Gasteiger charge is -2.36. The zero-order valence-electron chi connectivity index (χ0n) is 16.7. The van der Waals surface area contributed by atoms with Gasteiger partial charge in [-0.05, 0) is 36.7 Å². The van der Waals surface area contributed by atoms with Gasteiger partial charge in [-0.25, -0.2) is 0 Å². The Balaban J connectivity index is 2.02. The predicted octanol–water partition coefficient (Wildman–Crippen LogP) is 3.23. The Morgan fingerprint density at radius 3 is 2.56 bits per heavy atom. The molecule has 0 saturated heterocycles. The van der Waals surface area contributed by atoms with Gasteiger partial charge in [-0.2, -0.15) is 0 Å². The van der Waals surface area contributed by atoms with Gasteiger partial charge in [0.05, 0.1) is 11.1 Å². The minimum Gasteiger partial charge on any atom is -0.417 e. The summed E-state index contributed by atoms with van der Waals surface area (Å²) in [6, 6.07) is 8.51. The quantitative estimate of drug-likeness (QED) is 0.713. The van der Waals surface area contributed by atoms with Gasteiger partial charge in [0.1, 0.15) is 6.04 Å². The lowest BCUT2D eigenvalue weighted by molar-refractivity contribution is -0.120. The average Bonchev–Trinajstić information content (AvgIpc) is 2.59. The van der Waals surface area contributed by atoms with Gasteiger partial charge in [0, 0.05) is 18.2 Å². The van der Waals surface area contributed by atoms with Crippen LogP contribution in [0.5, 0.6) is 0 Å². The monoisotopic (exact) mass is 387 g/mol. The van der Waals surface area contributed by atoms with Gasteiger partial charge in [0.2, 0.25) is 5.91 Å². The van der Waals surface area contributed by atoms with E-state index in [-0.39, 0.29) is 10.9 Å². The molecular formula is C20H29N3O3Si. The molecular weight excluding hydrogens is 358 g/mol. The average molecular weight is 388 g/mol. The zero-order chi connectivity index (χ0) is 20.2. The van der Waals surface area contributed by atoms with Crippen LogP contribution in [0.25, 0.3) is 10.9 Å². The molecule has 146 valence electrons. The Morgan fingerprint density at radius 1 is 1.26 bits per heavy atom. The standard InChI is InChI=1S/C20H29N3O3Si/c1-20(2,3)27(4,5)26-11-10-17(18(21)24)23-19(25)15-12-14-8-6-7-9-16(14)22-13-15/h6-9,12-13,17H,10-11H2,1-5H3,(H2,21,24)(H,23,25)/t17-/m0/s1. The first kappa shape index (κ1) is 21.1. The van der Waals surface area contributed by atoms with Gasteiger partial charge in [-0.15, -0.1) is 0 Å². The first-order valence-corrected chi connectivity index (χ1v) is 12.0. The van der Waals surface area contributed by atoms with Crippen molar-refractivity contribution >= 4 is 31.0 Å². The molecule has 0 aliphatic rings. The van der Waals surface area contributed by atoms with Gasteiger partial charge in [0.15, 0.2) is 8.32 Å². The van der Waals surface area contributed by atoms with Crippen LogP contribution in [-0.2, 0) is 9.22 Å². The molecule has 7 heteroatoms. The summed E-state index contributed by atoms with van der Waals surface area (Å²) in [6.45, 7) is 11.1. The van der Waals surface area contributed by atoms with Gasteiger partial charge in [0.25, 0.3) is 5.91 Å². The lowest BCUT2D eigenvalue weighted by atomic mass is 10.1. The maximum atomic E-state index is 12.5. The minimum atomic E-state index is -1.92. The topological polar surface area (TPSA) is 94.3 Å². The second kappa shape index (κ2) is 8.18. The number of amides is 2. The van der Waals surface area contributed by atoms with Gasteiger partial charge >= 0.3 is 0 Å². The van der Waals surface area contributed by atoms with Crippen LogP contribution in [-0.4, -0.2) is 37.8 Å². The number of benzene rings is 1. The molecule has 0 saturated carbocycles. The van der Waals surface area contributed by atoms with Crippen molar-refractivity contribution in [3.05, 3.63) is 42.1 Å². The summed E-state index contributed by atoms with van der Waals surface area (Å²) < 4.78 is 6.09. The molecule has 2 aromatic rings. The second-order valence-electron chi connectivity index (χ2n) is 8.24. The molecule has 2 rings (SSSR count). The van der Waals surface area contributed by atoms with E-state index < -0.39 is 20.3 Å². The van der Waals surface area contributed by atoms with Crippen LogP contribution in [0.2, 0.25) is 18.1 Å². The Labute approximate surface area is 161 Å². The van der Waals surface area contributed by atoms with Crippen molar-refractivity contribution in [2.75, 3.05) is 6.61 Å². The van der Waals surface area contributed by atoms with Crippen LogP contribution in [0.4, 0.5) is 0 Å². The fourth-order valence-corrected chi connectivity index (χ4v) is 3.43. The number of nitrogens with two attached hydrogens (primary N) is 1. The van der Waals surface area contributed by atoms with Gasteiger partial charge < -0.3 is 15.5 Å². The number of fused-ring (bicyclic) bond motifs is 1. The van der Waals surface area contributed by atoms with Crippen molar-refractivity contribution in [2.24, 2.45) is 5.73 Å². The van der Waals surface area contributed by atoms with Crippen molar-refractivity contribution in [1.82, 2.24) is 10.3 Å². The predicted molar refractivity (Wildman–Crippen MR) is 110 cm³/mol. The van der Waals surface area contributed by atoms with E-state index in [0.717, 1.165) is 10.9 Å². The van der Waals surface area contributed by atoms with Crippen molar-refractivity contribution in [3.63, 3.8) is 0 Å². The summed E-state index contributed by atoms with van der Waals surface area (Å²) >= 11 is 0. The number of rotatable bonds is 7. The number of aromatic nitrogens is 1. The van der Waals surface area contributed by atoms with E-state index in [1.807, 2.05) is 24.3 Å². The third kappa shape index (κ3) is 5.37. The largest absolute Gasteiger partial charge is 0.417 e. The van der Waals surface area contributed by atoms with Crippen LogP contribution >= 0.6 is 0 Å². The summed E-state index contributed by atoms with van der Waals surface area (Å²) in [5.74, 6) is -0.944. The Kier molecular flexibility index (Phi) is 6.38. The SMILES string of the molecule is CC(C)(C)[Si](C)(C)OCC[C@H](NC(=O)c1cnc2ccccc2c1)C(N)=O. The van der Waals surface area contributed by atoms with Crippen molar-refractivity contribution in [2.45, 2.75) is 51.4 Å². The molecule has 3 N–H and O–H groups in total. The fourth-order valence-electron chi connectivity index (χ4n) is 2.37. The van der Waals surface area contributed by atoms with Crippen LogP contribution in [0.3, 0.4) is 0 Å². The zero-order valence-corrected chi connectivity index (χ0v) is 17.7. The first-order valence-electron chi connectivity index (χ1n) is 9.10. The summed E-state index contributed by atoms with van der Waals surface area (Å²) in [6.07, 6.45) is 1.84. The third-order valence-corrected chi connectivity index (χ3v) is 9.72. The van der Waals surface area contributed by atoms with E-state index in [9.17, 15) is 9.59 Å². The number of nitrogens with zero attached hydrogens (tertiary/aromatic N) is 1. The summed E-state index contributed by atoms with van der Waals surface area (Å²) in [5, 5.41) is 3.65. The smallest absolute Gasteiger partial charge is 0.253 e. The molecule has 27 heavy (non-hydrogen) atoms. The number of primary amides is 1. The lowest BCUT2D eigenvalue weighted by Crippen LogP contribution is -2.47. The molecule has 0 fully saturated rings. The van der Waals surface area contributed by atoms with E-state index in [0.29, 0.717) is 18.6 Å². The van der Waals surface area contributed by atoms with Crippen LogP contribution < -0.4 is 11.1 Å². The Bertz CT molecular complexity index is 831. The molecule has 1 atom stereocenters. The molecule has 1 heterocycles. The van der Waals surface area contributed by atoms with Gasteiger partial charge in [-0.1, -0.05) is 39.0 Å². The minimum absolute atomic E-state index is 0.0786. The maximum absolute atomic E-state index is 12.5. The van der Waals surface area contributed by atoms with E-state index in [1.54, 1.807) is 6.07 Å². The number of carbonyl (C=O) groups is 2. The van der Waals surface area contributed by atoms with E-state index in [4.69, 9.17) is 10.2 Å². The van der Waals surface area contributed by atoms with Crippen LogP contribution in [0, 0.1) is 0 Å². The highest BCUT2D eigenvalue weighted by Crippen LogP contribution is 2.36. The summed E-state index contributed by atoms with van der Waals surface area (Å²) in [7, 11) is -1.92. The molecule has 1 aromatic carbocycles. The number of para-hydroxylation sites is 1. The molecule has 0 radical (unpaired) electrons. The second-order valence-corrected chi connectivity index (χ2v) is 13.1. The van der Waals surface area contributed by atoms with Crippen molar-refractivity contribution in [3.8, 4) is 0 Å². The molecule has 0 spiro atoms. The molecule has 0 bridgehead atoms. The molecule has 0 aliphatic heterocycles. The molecule has 2 amide bonds. The molecule has 1 aromatic heterocycles. The maximum Gasteiger partial charge on any atom is 0.253 e. The number of nitrogens with one attached hydrogen (secondary N) is 1. The molecule has 6 nitrogen and oxygen atoms in total. The van der Waals surface area contributed by atoms with Crippen LogP contribution in [0.15, 0.2) is 36.5 Å². The third-order valence-electron chi connectivity index (χ3n) is 5.18. The number of pyridine rings is 1.